The molecular weight excluding hydrogens is 531 g/mol. The first-order valence-electron chi connectivity index (χ1n) is 11.6. The number of aliphatic imine (C=N–C) groups is 2. The van der Waals surface area contributed by atoms with Gasteiger partial charge in [-0.15, -0.1) is 18.3 Å². The summed E-state index contributed by atoms with van der Waals surface area (Å²) in [4.78, 5) is 26.4. The number of aromatic nitrogens is 1. The average molecular weight is 554 g/mol. The van der Waals surface area contributed by atoms with Gasteiger partial charge in [-0.05, 0) is 47.9 Å². The Morgan fingerprint density at radius 2 is 1.90 bits per heavy atom. The predicted octanol–water partition coefficient (Wildman–Crippen LogP) is 5.08. The number of hydrogen-bond acceptors (Lipinski definition) is 7. The number of halogens is 3. The summed E-state index contributed by atoms with van der Waals surface area (Å²) < 4.78 is 40.5. The van der Waals surface area contributed by atoms with Crippen molar-refractivity contribution in [2.75, 3.05) is 10.7 Å². The molecule has 1 saturated heterocycles. The van der Waals surface area contributed by atoms with Crippen molar-refractivity contribution >= 4 is 52.7 Å². The molecule has 0 radical (unpaired) electrons. The second kappa shape index (κ2) is 12.3. The third-order valence-corrected chi connectivity index (χ3v) is 6.17. The number of carbonyl (C=O) groups is 1. The molecule has 39 heavy (non-hydrogen) atoms. The molecule has 0 unspecified atom stereocenters. The lowest BCUT2D eigenvalue weighted by Gasteiger charge is -2.16. The molecule has 2 aromatic carbocycles. The van der Waals surface area contributed by atoms with Gasteiger partial charge in [-0.2, -0.15) is 5.10 Å². The molecule has 9 nitrogen and oxygen atoms in total. The normalized spacial score (nSPS) is 15.7. The summed E-state index contributed by atoms with van der Waals surface area (Å²) in [5, 5.41) is 8.83. The summed E-state index contributed by atoms with van der Waals surface area (Å²) in [6, 6.07) is 15.8. The number of aryl methyl sites for hydroxylation is 1. The van der Waals surface area contributed by atoms with Gasteiger partial charge < -0.3 is 10.5 Å². The number of pyridine rings is 1. The maximum atomic E-state index is 12.5. The smallest absolute Gasteiger partial charge is 0.406 e. The van der Waals surface area contributed by atoms with Crippen LogP contribution in [0, 0.1) is 0 Å². The molecule has 0 atom stereocenters. The number of ether oxygens (including phenoxy) is 1. The number of amides is 1. The highest BCUT2D eigenvalue weighted by atomic mass is 32.2. The van der Waals surface area contributed by atoms with E-state index in [1.54, 1.807) is 36.7 Å². The van der Waals surface area contributed by atoms with Crippen molar-refractivity contribution in [3.8, 4) is 5.75 Å². The monoisotopic (exact) mass is 553 g/mol. The van der Waals surface area contributed by atoms with Gasteiger partial charge in [0.1, 0.15) is 23.7 Å². The molecule has 1 aliphatic rings. The summed E-state index contributed by atoms with van der Waals surface area (Å²) in [7, 11) is 0. The number of benzene rings is 2. The molecule has 1 amide bonds. The fraction of sp³-hybridized carbons (Fsp3) is 0.154. The number of rotatable bonds is 8. The van der Waals surface area contributed by atoms with E-state index >= 15 is 0 Å². The first-order valence-corrected chi connectivity index (χ1v) is 12.5. The minimum atomic E-state index is -4.76. The van der Waals surface area contributed by atoms with Crippen molar-refractivity contribution in [2.24, 2.45) is 25.9 Å². The molecule has 0 spiro atoms. The van der Waals surface area contributed by atoms with Crippen LogP contribution in [0.15, 0.2) is 87.0 Å². The Morgan fingerprint density at radius 1 is 1.15 bits per heavy atom. The molecule has 200 valence electrons. The number of anilines is 1. The minimum Gasteiger partial charge on any atom is -0.406 e. The molecule has 2 N–H and O–H groups in total. The van der Waals surface area contributed by atoms with Crippen molar-refractivity contribution in [1.29, 1.82) is 0 Å². The summed E-state index contributed by atoms with van der Waals surface area (Å²) in [5.74, 6) is 0.587. The van der Waals surface area contributed by atoms with Gasteiger partial charge in [0.25, 0.3) is 0 Å². The van der Waals surface area contributed by atoms with Crippen LogP contribution in [0.4, 0.5) is 24.7 Å². The van der Waals surface area contributed by atoms with E-state index in [4.69, 9.17) is 5.73 Å². The number of thioether (sulfide) groups is 1. The zero-order valence-electron chi connectivity index (χ0n) is 20.5. The van der Waals surface area contributed by atoms with E-state index in [1.807, 2.05) is 19.1 Å². The molecule has 0 bridgehead atoms. The van der Waals surface area contributed by atoms with E-state index < -0.39 is 6.36 Å². The molecular formula is C26H22F3N7O2S. The molecule has 0 saturated carbocycles. The lowest BCUT2D eigenvalue weighted by atomic mass is 10.1. The van der Waals surface area contributed by atoms with Crippen LogP contribution < -0.4 is 15.4 Å². The number of nitrogens with two attached hydrogens (primary N) is 1. The molecule has 1 aliphatic heterocycles. The third-order valence-electron chi connectivity index (χ3n) is 5.26. The van der Waals surface area contributed by atoms with E-state index in [2.05, 4.69) is 29.9 Å². The molecule has 2 heterocycles. The number of nitrogens with zero attached hydrogens (tertiary/aromatic N) is 6. The van der Waals surface area contributed by atoms with Crippen LogP contribution in [-0.2, 0) is 11.2 Å². The van der Waals surface area contributed by atoms with Crippen LogP contribution in [-0.4, -0.2) is 46.6 Å². The Balaban J connectivity index is 1.38. The summed E-state index contributed by atoms with van der Waals surface area (Å²) in [6.45, 7) is 2.00. The number of hydrogen-bond donors (Lipinski definition) is 1. The minimum absolute atomic E-state index is 0.0995. The standard InChI is InChI=1S/C26H22F3N7O2S/c1-2-18-4-3-13-31-24(18)36-22(37)15-39-25(36)35-34-14-17-5-7-19(8-6-17)23(30)33-16-32-20-9-11-21(12-10-20)38-26(27,28)29/h3-14,16H,2,15H2,1H3,(H2,30,32,33)/b34-14-,35-25+. The van der Waals surface area contributed by atoms with E-state index in [1.165, 1.54) is 35.1 Å². The summed E-state index contributed by atoms with van der Waals surface area (Å²) >= 11 is 1.30. The Bertz CT molecular complexity index is 1440. The van der Waals surface area contributed by atoms with Crippen LogP contribution in [0.3, 0.4) is 0 Å². The first kappa shape index (κ1) is 27.5. The largest absolute Gasteiger partial charge is 0.573 e. The number of alkyl halides is 3. The van der Waals surface area contributed by atoms with Gasteiger partial charge >= 0.3 is 6.36 Å². The Kier molecular flexibility index (Phi) is 8.71. The van der Waals surface area contributed by atoms with Crippen molar-refractivity contribution in [2.45, 2.75) is 19.7 Å². The first-order chi connectivity index (χ1) is 18.7. The van der Waals surface area contributed by atoms with E-state index in [0.29, 0.717) is 22.2 Å². The fourth-order valence-electron chi connectivity index (χ4n) is 3.40. The maximum absolute atomic E-state index is 12.5. The average Bonchev–Trinajstić information content (AvgIpc) is 3.28. The second-order valence-corrected chi connectivity index (χ2v) is 8.85. The van der Waals surface area contributed by atoms with Gasteiger partial charge in [0, 0.05) is 11.8 Å². The highest BCUT2D eigenvalue weighted by Crippen LogP contribution is 2.28. The molecule has 4 rings (SSSR count). The van der Waals surface area contributed by atoms with Gasteiger partial charge in [0.2, 0.25) is 5.91 Å². The highest BCUT2D eigenvalue weighted by Gasteiger charge is 2.32. The van der Waals surface area contributed by atoms with Crippen molar-refractivity contribution in [1.82, 2.24) is 4.98 Å². The van der Waals surface area contributed by atoms with E-state index in [-0.39, 0.29) is 23.2 Å². The SMILES string of the molecule is CCc1cccnc1N1C(=O)CS/C1=N/N=C\c1ccc(C(N)=NC=Nc2ccc(OC(F)(F)F)cc2)cc1. The zero-order valence-corrected chi connectivity index (χ0v) is 21.4. The van der Waals surface area contributed by atoms with Crippen LogP contribution in [0.1, 0.15) is 23.6 Å². The molecule has 3 aromatic rings. The van der Waals surface area contributed by atoms with Crippen molar-refractivity contribution in [3.63, 3.8) is 0 Å². The summed E-state index contributed by atoms with van der Waals surface area (Å²) in [6.07, 6.45) is 0.375. The van der Waals surface area contributed by atoms with Crippen molar-refractivity contribution in [3.05, 3.63) is 83.6 Å². The van der Waals surface area contributed by atoms with Crippen molar-refractivity contribution < 1.29 is 22.7 Å². The van der Waals surface area contributed by atoms with Crippen LogP contribution in [0.2, 0.25) is 0 Å². The van der Waals surface area contributed by atoms with E-state index in [0.717, 1.165) is 29.7 Å². The molecule has 13 heteroatoms. The van der Waals surface area contributed by atoms with Crippen LogP contribution in [0.25, 0.3) is 0 Å². The third kappa shape index (κ3) is 7.51. The lowest BCUT2D eigenvalue weighted by Crippen LogP contribution is -2.30. The van der Waals surface area contributed by atoms with Gasteiger partial charge in [-0.25, -0.2) is 19.9 Å². The Morgan fingerprint density at radius 3 is 2.59 bits per heavy atom. The lowest BCUT2D eigenvalue weighted by molar-refractivity contribution is -0.274. The van der Waals surface area contributed by atoms with Gasteiger partial charge in [-0.1, -0.05) is 49.0 Å². The Hall–Kier alpha value is -4.52. The van der Waals surface area contributed by atoms with E-state index in [9.17, 15) is 18.0 Å². The van der Waals surface area contributed by atoms with Gasteiger partial charge in [0.05, 0.1) is 17.7 Å². The predicted molar refractivity (Wildman–Crippen MR) is 147 cm³/mol. The molecule has 1 fully saturated rings. The number of amidine groups is 2. The zero-order chi connectivity index (χ0) is 27.8. The van der Waals surface area contributed by atoms with Gasteiger partial charge in [0.15, 0.2) is 5.17 Å². The fourth-order valence-corrected chi connectivity index (χ4v) is 4.21. The molecule has 1 aromatic heterocycles. The summed E-state index contributed by atoms with van der Waals surface area (Å²) in [5.41, 5.74) is 8.70. The van der Waals surface area contributed by atoms with Crippen LogP contribution in [0.5, 0.6) is 5.75 Å². The Labute approximate surface area is 226 Å². The highest BCUT2D eigenvalue weighted by molar-refractivity contribution is 8.15. The quantitative estimate of drug-likeness (QED) is 0.237. The number of carbonyl (C=O) groups excluding carboxylic acids is 1. The second-order valence-electron chi connectivity index (χ2n) is 7.91. The molecule has 0 aliphatic carbocycles. The topological polar surface area (TPSA) is 118 Å². The van der Waals surface area contributed by atoms with Crippen LogP contribution >= 0.6 is 11.8 Å². The van der Waals surface area contributed by atoms with Gasteiger partial charge in [-0.3, -0.25) is 4.79 Å². The maximum Gasteiger partial charge on any atom is 0.573 e.